The van der Waals surface area contributed by atoms with Crippen LogP contribution in [0.5, 0.6) is 0 Å². The highest BCUT2D eigenvalue weighted by Gasteiger charge is 2.30. The Morgan fingerprint density at radius 2 is 2.18 bits per heavy atom. The molecular weight excluding hydrogens is 280 g/mol. The Morgan fingerprint density at radius 1 is 1.45 bits per heavy atom. The number of nitrogens with zero attached hydrogens (tertiary/aromatic N) is 3. The lowest BCUT2D eigenvalue weighted by Gasteiger charge is -2.37. The van der Waals surface area contributed by atoms with Crippen molar-refractivity contribution in [3.05, 3.63) is 11.9 Å². The number of anilines is 1. The standard InChI is InChI=1S/C16H28N4O2/c1-12-14(11-19(5)18-12)17-10-13-8-6-7-9-20(13)15(21)22-16(2,3)4/h11,13,17H,6-10H2,1-5H3. The van der Waals surface area contributed by atoms with E-state index in [9.17, 15) is 4.79 Å². The van der Waals surface area contributed by atoms with Gasteiger partial charge in [0.25, 0.3) is 0 Å². The van der Waals surface area contributed by atoms with Gasteiger partial charge in [-0.1, -0.05) is 0 Å². The Hall–Kier alpha value is -1.72. The number of hydrogen-bond donors (Lipinski definition) is 1. The zero-order chi connectivity index (χ0) is 16.3. The molecule has 0 spiro atoms. The minimum atomic E-state index is -0.452. The van der Waals surface area contributed by atoms with Crippen LogP contribution in [-0.2, 0) is 11.8 Å². The number of likely N-dealkylation sites (tertiary alicyclic amines) is 1. The predicted molar refractivity (Wildman–Crippen MR) is 87.0 cm³/mol. The van der Waals surface area contributed by atoms with E-state index in [1.807, 2.05) is 45.8 Å². The summed E-state index contributed by atoms with van der Waals surface area (Å²) in [6.45, 7) is 9.19. The molecule has 1 N–H and O–H groups in total. The molecule has 1 amide bonds. The van der Waals surface area contributed by atoms with Gasteiger partial charge in [-0.05, 0) is 47.0 Å². The minimum Gasteiger partial charge on any atom is -0.444 e. The van der Waals surface area contributed by atoms with Crippen LogP contribution in [0.4, 0.5) is 10.5 Å². The number of carbonyl (C=O) groups is 1. The van der Waals surface area contributed by atoms with E-state index in [-0.39, 0.29) is 12.1 Å². The van der Waals surface area contributed by atoms with Crippen LogP contribution < -0.4 is 5.32 Å². The molecule has 1 fully saturated rings. The molecule has 1 aliphatic heterocycles. The average Bonchev–Trinajstić information content (AvgIpc) is 2.73. The van der Waals surface area contributed by atoms with Gasteiger partial charge in [0.05, 0.1) is 17.4 Å². The van der Waals surface area contributed by atoms with E-state index < -0.39 is 5.60 Å². The van der Waals surface area contributed by atoms with Gasteiger partial charge in [0, 0.05) is 26.3 Å². The second-order valence-corrected chi connectivity index (χ2v) is 7.01. The molecule has 124 valence electrons. The van der Waals surface area contributed by atoms with Gasteiger partial charge in [0.2, 0.25) is 0 Å². The molecule has 0 bridgehead atoms. The van der Waals surface area contributed by atoms with Crippen molar-refractivity contribution in [2.45, 2.75) is 58.6 Å². The number of aromatic nitrogens is 2. The molecule has 6 nitrogen and oxygen atoms in total. The third kappa shape index (κ3) is 4.39. The summed E-state index contributed by atoms with van der Waals surface area (Å²) in [4.78, 5) is 14.2. The number of aryl methyl sites for hydroxylation is 2. The zero-order valence-electron chi connectivity index (χ0n) is 14.3. The Balaban J connectivity index is 1.97. The Labute approximate surface area is 132 Å². The van der Waals surface area contributed by atoms with Crippen LogP contribution in [-0.4, -0.2) is 45.5 Å². The van der Waals surface area contributed by atoms with Crippen LogP contribution in [0.15, 0.2) is 6.20 Å². The Kier molecular flexibility index (Phi) is 4.98. The summed E-state index contributed by atoms with van der Waals surface area (Å²) in [6.07, 6.45) is 4.96. The second-order valence-electron chi connectivity index (χ2n) is 7.01. The maximum absolute atomic E-state index is 12.4. The highest BCUT2D eigenvalue weighted by molar-refractivity contribution is 5.68. The molecule has 0 radical (unpaired) electrons. The van der Waals surface area contributed by atoms with Crippen LogP contribution in [0.1, 0.15) is 45.7 Å². The van der Waals surface area contributed by atoms with E-state index in [0.29, 0.717) is 0 Å². The lowest BCUT2D eigenvalue weighted by molar-refractivity contribution is 0.0114. The molecule has 1 aromatic rings. The molecule has 1 aliphatic rings. The SMILES string of the molecule is Cc1nn(C)cc1NCC1CCCCN1C(=O)OC(C)(C)C. The van der Waals surface area contributed by atoms with Gasteiger partial charge in [0.1, 0.15) is 5.60 Å². The minimum absolute atomic E-state index is 0.170. The highest BCUT2D eigenvalue weighted by atomic mass is 16.6. The number of hydrogen-bond acceptors (Lipinski definition) is 4. The van der Waals surface area contributed by atoms with Crippen LogP contribution in [0.3, 0.4) is 0 Å². The third-order valence-corrected chi connectivity index (χ3v) is 3.80. The van der Waals surface area contributed by atoms with E-state index in [2.05, 4.69) is 10.4 Å². The lowest BCUT2D eigenvalue weighted by atomic mass is 10.0. The quantitative estimate of drug-likeness (QED) is 0.932. The molecule has 2 heterocycles. The Morgan fingerprint density at radius 3 is 2.77 bits per heavy atom. The van der Waals surface area contributed by atoms with Crippen molar-refractivity contribution in [2.24, 2.45) is 7.05 Å². The van der Waals surface area contributed by atoms with Gasteiger partial charge >= 0.3 is 6.09 Å². The predicted octanol–water partition coefficient (Wildman–Crippen LogP) is 2.93. The number of amides is 1. The van der Waals surface area contributed by atoms with E-state index in [1.165, 1.54) is 0 Å². The van der Waals surface area contributed by atoms with Gasteiger partial charge < -0.3 is 15.0 Å². The van der Waals surface area contributed by atoms with Crippen molar-refractivity contribution in [1.29, 1.82) is 0 Å². The Bertz CT molecular complexity index is 519. The lowest BCUT2D eigenvalue weighted by Crippen LogP contribution is -2.48. The summed E-state index contributed by atoms with van der Waals surface area (Å²) in [5, 5.41) is 7.74. The van der Waals surface area contributed by atoms with E-state index in [4.69, 9.17) is 4.74 Å². The first kappa shape index (κ1) is 16.6. The van der Waals surface area contributed by atoms with Gasteiger partial charge in [0.15, 0.2) is 0 Å². The van der Waals surface area contributed by atoms with Crippen LogP contribution in [0, 0.1) is 6.92 Å². The molecule has 2 rings (SSSR count). The monoisotopic (exact) mass is 308 g/mol. The number of carbonyl (C=O) groups excluding carboxylic acids is 1. The summed E-state index contributed by atoms with van der Waals surface area (Å²) < 4.78 is 7.33. The topological polar surface area (TPSA) is 59.4 Å². The van der Waals surface area contributed by atoms with Crippen molar-refractivity contribution < 1.29 is 9.53 Å². The maximum Gasteiger partial charge on any atom is 0.410 e. The first-order valence-electron chi connectivity index (χ1n) is 8.00. The first-order chi connectivity index (χ1) is 10.3. The van der Waals surface area contributed by atoms with Gasteiger partial charge in [-0.2, -0.15) is 5.10 Å². The molecule has 1 atom stereocenters. The zero-order valence-corrected chi connectivity index (χ0v) is 14.3. The summed E-state index contributed by atoms with van der Waals surface area (Å²) in [5.74, 6) is 0. The van der Waals surface area contributed by atoms with Crippen LogP contribution >= 0.6 is 0 Å². The summed E-state index contributed by atoms with van der Waals surface area (Å²) >= 11 is 0. The molecule has 0 aromatic carbocycles. The molecule has 6 heteroatoms. The van der Waals surface area contributed by atoms with Crippen LogP contribution in [0.2, 0.25) is 0 Å². The second kappa shape index (κ2) is 6.58. The molecule has 1 aromatic heterocycles. The highest BCUT2D eigenvalue weighted by Crippen LogP contribution is 2.21. The molecule has 0 aliphatic carbocycles. The van der Waals surface area contributed by atoms with Gasteiger partial charge in [-0.25, -0.2) is 4.79 Å². The molecule has 1 unspecified atom stereocenters. The summed E-state index contributed by atoms with van der Waals surface area (Å²) in [5.41, 5.74) is 1.55. The summed E-state index contributed by atoms with van der Waals surface area (Å²) in [7, 11) is 1.91. The fourth-order valence-electron chi connectivity index (χ4n) is 2.77. The molecule has 22 heavy (non-hydrogen) atoms. The normalized spacial score (nSPS) is 19.1. The molecular formula is C16H28N4O2. The maximum atomic E-state index is 12.4. The van der Waals surface area contributed by atoms with Crippen molar-refractivity contribution in [2.75, 3.05) is 18.4 Å². The van der Waals surface area contributed by atoms with Crippen molar-refractivity contribution >= 4 is 11.8 Å². The van der Waals surface area contributed by atoms with Crippen molar-refractivity contribution in [3.63, 3.8) is 0 Å². The van der Waals surface area contributed by atoms with E-state index in [0.717, 1.165) is 43.7 Å². The van der Waals surface area contributed by atoms with Gasteiger partial charge in [-0.15, -0.1) is 0 Å². The first-order valence-corrected chi connectivity index (χ1v) is 8.00. The molecule has 0 saturated carbocycles. The fourth-order valence-corrected chi connectivity index (χ4v) is 2.77. The molecule has 1 saturated heterocycles. The van der Waals surface area contributed by atoms with Crippen molar-refractivity contribution in [1.82, 2.24) is 14.7 Å². The fraction of sp³-hybridized carbons (Fsp3) is 0.750. The summed E-state index contributed by atoms with van der Waals surface area (Å²) in [6, 6.07) is 0.170. The van der Waals surface area contributed by atoms with Gasteiger partial charge in [-0.3, -0.25) is 4.68 Å². The van der Waals surface area contributed by atoms with E-state index >= 15 is 0 Å². The largest absolute Gasteiger partial charge is 0.444 e. The number of piperidine rings is 1. The average molecular weight is 308 g/mol. The van der Waals surface area contributed by atoms with Crippen LogP contribution in [0.25, 0.3) is 0 Å². The number of rotatable bonds is 3. The van der Waals surface area contributed by atoms with E-state index in [1.54, 1.807) is 4.68 Å². The smallest absolute Gasteiger partial charge is 0.410 e. The number of nitrogens with one attached hydrogen (secondary N) is 1. The van der Waals surface area contributed by atoms with Crippen molar-refractivity contribution in [3.8, 4) is 0 Å². The third-order valence-electron chi connectivity index (χ3n) is 3.80. The number of ether oxygens (including phenoxy) is 1.